The number of carbonyl (C=O) groups excluding carboxylic acids is 2. The first kappa shape index (κ1) is 33.7. The maximum absolute atomic E-state index is 13.8. The quantitative estimate of drug-likeness (QED) is 0.0995. The lowest BCUT2D eigenvalue weighted by atomic mass is 9.86. The minimum absolute atomic E-state index is 0.0828. The molecule has 0 saturated carbocycles. The highest BCUT2D eigenvalue weighted by molar-refractivity contribution is 6.35. The van der Waals surface area contributed by atoms with Gasteiger partial charge in [0, 0.05) is 35.9 Å². The molecule has 0 aliphatic carbocycles. The first-order valence-corrected chi connectivity index (χ1v) is 16.9. The maximum Gasteiger partial charge on any atom is 0.259 e. The van der Waals surface area contributed by atoms with Gasteiger partial charge in [-0.3, -0.25) is 9.59 Å². The topological polar surface area (TPSA) is 167 Å². The summed E-state index contributed by atoms with van der Waals surface area (Å²) in [6.07, 6.45) is 1.32. The number of benzene rings is 2. The predicted molar refractivity (Wildman–Crippen MR) is 192 cm³/mol. The lowest BCUT2D eigenvalue weighted by molar-refractivity contribution is -0.121. The second-order valence-corrected chi connectivity index (χ2v) is 13.4. The summed E-state index contributed by atoms with van der Waals surface area (Å²) in [5, 5.41) is 22.9. The molecule has 254 valence electrons. The molecule has 0 radical (unpaired) electrons. The summed E-state index contributed by atoms with van der Waals surface area (Å²) in [5.41, 5.74) is 10.8. The molecule has 7 rings (SSSR count). The number of phenolic OH excluding ortho intramolecular Hbond substituents is 1. The van der Waals surface area contributed by atoms with Crippen LogP contribution in [0.4, 0.5) is 5.69 Å². The van der Waals surface area contributed by atoms with Crippen molar-refractivity contribution in [3.63, 3.8) is 0 Å². The van der Waals surface area contributed by atoms with Crippen molar-refractivity contribution in [1.29, 1.82) is 0 Å². The highest BCUT2D eigenvalue weighted by atomic mass is 35.5. The Balaban J connectivity index is 1.15. The minimum Gasteiger partial charge on any atom is -0.506 e. The summed E-state index contributed by atoms with van der Waals surface area (Å²) in [7, 11) is 0. The lowest BCUT2D eigenvalue weighted by Gasteiger charge is -2.25. The first-order chi connectivity index (χ1) is 24.0. The van der Waals surface area contributed by atoms with Crippen LogP contribution in [0, 0.1) is 11.8 Å². The first-order valence-electron chi connectivity index (χ1n) is 15.4. The van der Waals surface area contributed by atoms with Crippen LogP contribution in [0.3, 0.4) is 0 Å². The van der Waals surface area contributed by atoms with Crippen molar-refractivity contribution < 1.29 is 19.1 Å². The van der Waals surface area contributed by atoms with Gasteiger partial charge in [-0.25, -0.2) is 20.4 Å². The van der Waals surface area contributed by atoms with Crippen LogP contribution in [0.2, 0.25) is 20.6 Å². The van der Waals surface area contributed by atoms with Crippen LogP contribution in [0.5, 0.6) is 5.75 Å². The third-order valence-electron chi connectivity index (χ3n) is 8.44. The summed E-state index contributed by atoms with van der Waals surface area (Å²) >= 11 is 25.1. The zero-order valence-electron chi connectivity index (χ0n) is 26.1. The molecular formula is C34H26Cl4N8O4. The number of halogens is 4. The number of aromatic nitrogens is 3. The molecule has 5 aromatic rings. The molecule has 5 heterocycles. The number of fused-ring (bicyclic) bond motifs is 1. The fraction of sp³-hybridized carbons (Fsp3) is 0.206. The monoisotopic (exact) mass is 750 g/mol. The molecule has 0 fully saturated rings. The van der Waals surface area contributed by atoms with Gasteiger partial charge in [-0.05, 0) is 60.9 Å². The average Bonchev–Trinajstić information content (AvgIpc) is 3.49. The number of nitrogens with zero attached hydrogens (tertiary/aromatic N) is 5. The maximum atomic E-state index is 13.8. The van der Waals surface area contributed by atoms with Gasteiger partial charge in [0.2, 0.25) is 11.8 Å². The van der Waals surface area contributed by atoms with Gasteiger partial charge < -0.3 is 20.3 Å². The number of hydrogen-bond donors (Lipinski definition) is 4. The van der Waals surface area contributed by atoms with Crippen LogP contribution in [-0.2, 0) is 11.2 Å². The predicted octanol–water partition coefficient (Wildman–Crippen LogP) is 7.27. The van der Waals surface area contributed by atoms with Crippen molar-refractivity contribution in [3.05, 3.63) is 97.5 Å². The van der Waals surface area contributed by atoms with Crippen molar-refractivity contribution in [2.24, 2.45) is 22.0 Å². The zero-order valence-corrected chi connectivity index (χ0v) is 29.1. The van der Waals surface area contributed by atoms with Gasteiger partial charge >= 0.3 is 0 Å². The number of pyridine rings is 2. The second kappa shape index (κ2) is 13.9. The molecule has 2 aromatic carbocycles. The zero-order chi connectivity index (χ0) is 35.1. The number of amides is 2. The summed E-state index contributed by atoms with van der Waals surface area (Å²) in [5.74, 6) is -0.935. The van der Waals surface area contributed by atoms with E-state index in [0.717, 1.165) is 11.3 Å². The van der Waals surface area contributed by atoms with Crippen molar-refractivity contribution in [3.8, 4) is 17.2 Å². The Labute approximate surface area is 304 Å². The van der Waals surface area contributed by atoms with Crippen molar-refractivity contribution in [1.82, 2.24) is 25.8 Å². The molecule has 2 aliphatic rings. The number of rotatable bonds is 7. The molecular weight excluding hydrogens is 726 g/mol. The summed E-state index contributed by atoms with van der Waals surface area (Å²) in [6.45, 7) is 2.48. The van der Waals surface area contributed by atoms with Gasteiger partial charge in [0.05, 0.1) is 28.2 Å². The molecule has 16 heteroatoms. The van der Waals surface area contributed by atoms with Gasteiger partial charge in [-0.2, -0.15) is 10.2 Å². The average molecular weight is 752 g/mol. The molecule has 2 unspecified atom stereocenters. The molecule has 0 bridgehead atoms. The normalized spacial score (nSPS) is 17.5. The van der Waals surface area contributed by atoms with Gasteiger partial charge in [0.1, 0.15) is 31.9 Å². The number of nitrogens with one attached hydrogen (secondary N) is 3. The van der Waals surface area contributed by atoms with Crippen LogP contribution >= 0.6 is 46.4 Å². The molecule has 2 amide bonds. The van der Waals surface area contributed by atoms with Gasteiger partial charge in [0.25, 0.3) is 5.91 Å². The SMILES string of the molecule is CC1CC(=O)NN=C1c1ccc(NC(=O)c2c(CC3CCNN=C3c3ccc4nc(-c5ccc(Cl)nc5Cl)oc4c3)cc(Cl)nc2Cl)c(O)c1. The van der Waals surface area contributed by atoms with E-state index in [1.54, 1.807) is 30.3 Å². The fourth-order valence-electron chi connectivity index (χ4n) is 6.06. The Kier molecular flexibility index (Phi) is 9.36. The second-order valence-electron chi connectivity index (χ2n) is 11.9. The number of anilines is 1. The lowest BCUT2D eigenvalue weighted by Crippen LogP contribution is -2.32. The molecule has 2 aliphatic heterocycles. The van der Waals surface area contributed by atoms with Crippen LogP contribution < -0.4 is 16.2 Å². The van der Waals surface area contributed by atoms with E-state index in [4.69, 9.17) is 50.8 Å². The smallest absolute Gasteiger partial charge is 0.259 e. The van der Waals surface area contributed by atoms with Crippen LogP contribution in [-0.4, -0.2) is 49.8 Å². The van der Waals surface area contributed by atoms with Gasteiger partial charge in [-0.1, -0.05) is 65.5 Å². The Morgan fingerprint density at radius 2 is 1.72 bits per heavy atom. The fourth-order valence-corrected chi connectivity index (χ4v) is 7.04. The van der Waals surface area contributed by atoms with E-state index in [2.05, 4.69) is 41.3 Å². The summed E-state index contributed by atoms with van der Waals surface area (Å²) in [4.78, 5) is 38.2. The Hall–Kier alpha value is -4.75. The Morgan fingerprint density at radius 1 is 0.940 bits per heavy atom. The number of hydrogen-bond acceptors (Lipinski definition) is 10. The molecule has 0 saturated heterocycles. The van der Waals surface area contributed by atoms with Crippen molar-refractivity contribution in [2.45, 2.75) is 26.2 Å². The van der Waals surface area contributed by atoms with E-state index in [9.17, 15) is 14.7 Å². The minimum atomic E-state index is -0.578. The third kappa shape index (κ3) is 6.84. The van der Waals surface area contributed by atoms with E-state index in [1.807, 2.05) is 25.1 Å². The number of phenols is 1. The molecule has 2 atom stereocenters. The van der Waals surface area contributed by atoms with E-state index in [-0.39, 0.29) is 61.8 Å². The van der Waals surface area contributed by atoms with Crippen LogP contribution in [0.25, 0.3) is 22.6 Å². The van der Waals surface area contributed by atoms with E-state index >= 15 is 0 Å². The van der Waals surface area contributed by atoms with E-state index in [1.165, 1.54) is 6.07 Å². The summed E-state index contributed by atoms with van der Waals surface area (Å²) < 4.78 is 6.07. The highest BCUT2D eigenvalue weighted by Crippen LogP contribution is 2.34. The van der Waals surface area contributed by atoms with Gasteiger partial charge in [0.15, 0.2) is 5.58 Å². The Bertz CT molecular complexity index is 2260. The number of aromatic hydroxyl groups is 1. The van der Waals surface area contributed by atoms with Crippen LogP contribution in [0.1, 0.15) is 46.8 Å². The van der Waals surface area contributed by atoms with Gasteiger partial charge in [-0.15, -0.1) is 0 Å². The Morgan fingerprint density at radius 3 is 2.50 bits per heavy atom. The number of hydrazone groups is 2. The summed E-state index contributed by atoms with van der Waals surface area (Å²) in [6, 6.07) is 15.2. The number of oxazole rings is 1. The van der Waals surface area contributed by atoms with E-state index in [0.29, 0.717) is 58.8 Å². The molecule has 3 aromatic heterocycles. The van der Waals surface area contributed by atoms with Crippen molar-refractivity contribution in [2.75, 3.05) is 11.9 Å². The highest BCUT2D eigenvalue weighted by Gasteiger charge is 2.28. The molecule has 50 heavy (non-hydrogen) atoms. The van der Waals surface area contributed by atoms with Crippen molar-refractivity contribution >= 4 is 86.4 Å². The largest absolute Gasteiger partial charge is 0.506 e. The molecule has 0 spiro atoms. The third-order valence-corrected chi connectivity index (χ3v) is 9.41. The van der Waals surface area contributed by atoms with E-state index < -0.39 is 5.91 Å². The number of carbonyl (C=O) groups is 2. The molecule has 4 N–H and O–H groups in total. The standard InChI is InChI=1S/C34H26Cl4N8O4/c1-15-10-27(48)44-46-29(15)16-2-5-21(23(47)12-16)40-33(49)28-19(14-26(36)43-32(28)38)11-18-8-9-39-45-30(18)17-3-6-22-24(13-17)50-34(41-22)20-4-7-25(35)42-31(20)37/h2-7,12-15,18,39,47H,8-11H2,1H3,(H,40,49)(H,44,48). The molecule has 12 nitrogen and oxygen atoms in total. The van der Waals surface area contributed by atoms with Crippen LogP contribution in [0.15, 0.2) is 69.2 Å².